The Balaban J connectivity index is 2.42. The molecule has 2 rings (SSSR count). The molecule has 0 aliphatic rings. The van der Waals surface area contributed by atoms with Crippen LogP contribution in [0.25, 0.3) is 11.3 Å². The maximum Gasteiger partial charge on any atom is 0.0702 e. The molecule has 0 atom stereocenters. The van der Waals surface area contributed by atoms with Crippen molar-refractivity contribution in [3.05, 3.63) is 54.1 Å². The number of rotatable bonds is 3. The van der Waals surface area contributed by atoms with Gasteiger partial charge in [0.15, 0.2) is 0 Å². The van der Waals surface area contributed by atoms with Crippen LogP contribution in [0.4, 0.5) is 0 Å². The highest BCUT2D eigenvalue weighted by Crippen LogP contribution is 2.17. The second kappa shape index (κ2) is 4.93. The molecule has 1 nitrogen and oxygen atoms in total. The average Bonchev–Trinajstić information content (AvgIpc) is 2.41. The van der Waals surface area contributed by atoms with Crippen molar-refractivity contribution >= 4 is 0 Å². The molecule has 16 heavy (non-hydrogen) atoms. The predicted molar refractivity (Wildman–Crippen MR) is 68.2 cm³/mol. The molecule has 0 fully saturated rings. The van der Waals surface area contributed by atoms with Crippen LogP contribution in [0.3, 0.4) is 0 Å². The summed E-state index contributed by atoms with van der Waals surface area (Å²) in [6, 6.07) is 4.68. The lowest BCUT2D eigenvalue weighted by Gasteiger charge is -2.05. The van der Waals surface area contributed by atoms with Gasteiger partial charge in [0.1, 0.15) is 0 Å². The lowest BCUT2D eigenvalue weighted by Crippen LogP contribution is -1.95. The fourth-order valence-corrected chi connectivity index (χ4v) is 1.59. The van der Waals surface area contributed by atoms with Gasteiger partial charge in [0, 0.05) is 11.8 Å². The van der Waals surface area contributed by atoms with Gasteiger partial charge >= 0.3 is 0 Å². The highest BCUT2D eigenvalue weighted by atomic mass is 14.7. The number of hydrogen-bond donors (Lipinski definition) is 0. The summed E-state index contributed by atoms with van der Waals surface area (Å²) in [7, 11) is 0. The lowest BCUT2D eigenvalue weighted by atomic mass is 10.0. The van der Waals surface area contributed by atoms with Crippen LogP contribution < -0.4 is 0 Å². The summed E-state index contributed by atoms with van der Waals surface area (Å²) in [5, 5.41) is 0. The number of nitrogens with zero attached hydrogens (tertiary/aromatic N) is 1. The molecule has 0 radical (unpaired) electrons. The van der Waals surface area contributed by atoms with Crippen LogP contribution in [-0.2, 0) is 6.42 Å². The second-order valence-corrected chi connectivity index (χ2v) is 4.23. The molecular weight excluding hydrogens is 194 g/mol. The van der Waals surface area contributed by atoms with Gasteiger partial charge in [0.2, 0.25) is 0 Å². The largest absolute Gasteiger partial charge is 0.256 e. The van der Waals surface area contributed by atoms with Gasteiger partial charge in [-0.2, -0.15) is 0 Å². The van der Waals surface area contributed by atoms with Crippen molar-refractivity contribution in [2.75, 3.05) is 0 Å². The van der Waals surface area contributed by atoms with Crippen molar-refractivity contribution in [3.63, 3.8) is 0 Å². The smallest absolute Gasteiger partial charge is 0.0702 e. The number of aromatic nitrogens is 1. The molecule has 1 aromatic carbocycles. The predicted octanol–water partition coefficient (Wildman–Crippen LogP) is 3.95. The summed E-state index contributed by atoms with van der Waals surface area (Å²) in [5.74, 6) is 0.552. The Morgan fingerprint density at radius 2 is 2.06 bits per heavy atom. The van der Waals surface area contributed by atoms with Crippen LogP contribution in [0.5, 0.6) is 0 Å². The van der Waals surface area contributed by atoms with Crippen molar-refractivity contribution in [2.45, 2.75) is 20.3 Å². The van der Waals surface area contributed by atoms with Crippen LogP contribution in [0.15, 0.2) is 48.6 Å². The topological polar surface area (TPSA) is 12.9 Å². The molecular formula is C15H17N. The van der Waals surface area contributed by atoms with Crippen molar-refractivity contribution < 1.29 is 5.48 Å². The maximum atomic E-state index is 7.91. The quantitative estimate of drug-likeness (QED) is 0.755. The minimum Gasteiger partial charge on any atom is -0.256 e. The molecule has 0 saturated carbocycles. The lowest BCUT2D eigenvalue weighted by molar-refractivity contribution is 0.646. The Bertz CT molecular complexity index is 621. The first-order valence-corrected chi connectivity index (χ1v) is 5.43. The van der Waals surface area contributed by atoms with Gasteiger partial charge in [-0.3, -0.25) is 4.98 Å². The molecule has 0 aliphatic heterocycles. The normalized spacial score (nSPS) is 14.2. The van der Waals surface area contributed by atoms with Gasteiger partial charge < -0.3 is 0 Å². The van der Waals surface area contributed by atoms with E-state index in [2.05, 4.69) is 18.8 Å². The molecule has 0 bridgehead atoms. The van der Waals surface area contributed by atoms with Gasteiger partial charge in [-0.25, -0.2) is 0 Å². The van der Waals surface area contributed by atoms with E-state index in [9.17, 15) is 0 Å². The van der Waals surface area contributed by atoms with Gasteiger partial charge in [0.25, 0.3) is 0 Å². The summed E-state index contributed by atoms with van der Waals surface area (Å²) in [6.45, 7) is 4.28. The molecule has 2 aromatic rings. The summed E-state index contributed by atoms with van der Waals surface area (Å²) in [4.78, 5) is 4.33. The van der Waals surface area contributed by atoms with E-state index in [0.29, 0.717) is 17.2 Å². The fourth-order valence-electron chi connectivity index (χ4n) is 1.59. The Hall–Kier alpha value is -1.63. The van der Waals surface area contributed by atoms with Crippen LogP contribution in [0.1, 0.15) is 24.9 Å². The van der Waals surface area contributed by atoms with E-state index in [1.54, 1.807) is 6.20 Å². The van der Waals surface area contributed by atoms with Crippen molar-refractivity contribution in [1.29, 1.82) is 0 Å². The van der Waals surface area contributed by atoms with E-state index in [1.807, 2.05) is 12.1 Å². The number of pyridine rings is 1. The molecule has 0 unspecified atom stereocenters. The first kappa shape index (κ1) is 6.85. The van der Waals surface area contributed by atoms with E-state index >= 15 is 0 Å². The molecule has 1 heterocycles. The van der Waals surface area contributed by atoms with Crippen molar-refractivity contribution in [1.82, 2.24) is 4.98 Å². The summed E-state index contributed by atoms with van der Waals surface area (Å²) < 4.78 is 30.8. The zero-order valence-corrected chi connectivity index (χ0v) is 9.54. The molecule has 0 amide bonds. The third-order valence-corrected chi connectivity index (χ3v) is 2.29. The molecule has 82 valence electrons. The molecule has 0 N–H and O–H groups in total. The Morgan fingerprint density at radius 3 is 2.75 bits per heavy atom. The van der Waals surface area contributed by atoms with E-state index in [0.717, 1.165) is 12.0 Å². The highest BCUT2D eigenvalue weighted by molar-refractivity contribution is 5.58. The maximum absolute atomic E-state index is 7.91. The molecule has 0 saturated heterocycles. The monoisotopic (exact) mass is 215 g/mol. The van der Waals surface area contributed by atoms with Crippen LogP contribution in [0, 0.1) is 5.92 Å². The molecule has 1 heteroatoms. The molecule has 0 spiro atoms. The standard InChI is InChI=1S/C15H17N/c1-12(2)10-13-8-9-15(16-11-13)14-6-4-3-5-7-14/h3-9,11-12H,10H2,1-2H3/i3D,4D,5D,6D. The minimum atomic E-state index is -0.222. The van der Waals surface area contributed by atoms with Gasteiger partial charge in [-0.1, -0.05) is 50.1 Å². The summed E-state index contributed by atoms with van der Waals surface area (Å²) in [5.41, 5.74) is 2.14. The van der Waals surface area contributed by atoms with Crippen molar-refractivity contribution in [2.24, 2.45) is 5.92 Å². The minimum absolute atomic E-state index is 0.0462. The van der Waals surface area contributed by atoms with E-state index in [4.69, 9.17) is 5.48 Å². The zero-order valence-electron chi connectivity index (χ0n) is 13.5. The SMILES string of the molecule is [2H]c1cc(-c2ccc(CC(C)C)cn2)c([2H])c([2H])c1[2H]. The Morgan fingerprint density at radius 1 is 1.19 bits per heavy atom. The second-order valence-electron chi connectivity index (χ2n) is 4.23. The van der Waals surface area contributed by atoms with Gasteiger partial charge in [-0.05, 0) is 24.0 Å². The number of hydrogen-bond acceptors (Lipinski definition) is 1. The van der Waals surface area contributed by atoms with Crippen LogP contribution in [0.2, 0.25) is 0 Å². The highest BCUT2D eigenvalue weighted by Gasteiger charge is 2.00. The van der Waals surface area contributed by atoms with Crippen LogP contribution >= 0.6 is 0 Å². The van der Waals surface area contributed by atoms with Crippen molar-refractivity contribution in [3.8, 4) is 11.3 Å². The van der Waals surface area contributed by atoms with Gasteiger partial charge in [0.05, 0.1) is 11.2 Å². The Labute approximate surface area is 103 Å². The first-order valence-electron chi connectivity index (χ1n) is 7.43. The third-order valence-electron chi connectivity index (χ3n) is 2.29. The fraction of sp³-hybridized carbons (Fsp3) is 0.267. The number of benzene rings is 1. The molecule has 1 aromatic heterocycles. The Kier molecular flexibility index (Phi) is 2.11. The van der Waals surface area contributed by atoms with Gasteiger partial charge in [-0.15, -0.1) is 0 Å². The molecule has 0 aliphatic carbocycles. The first-order chi connectivity index (χ1) is 9.40. The average molecular weight is 215 g/mol. The van der Waals surface area contributed by atoms with E-state index in [-0.39, 0.29) is 24.2 Å². The van der Waals surface area contributed by atoms with E-state index < -0.39 is 0 Å². The van der Waals surface area contributed by atoms with Crippen LogP contribution in [-0.4, -0.2) is 4.98 Å². The third kappa shape index (κ3) is 2.69. The summed E-state index contributed by atoms with van der Waals surface area (Å²) in [6.07, 6.45) is 2.72. The summed E-state index contributed by atoms with van der Waals surface area (Å²) >= 11 is 0. The van der Waals surface area contributed by atoms with E-state index in [1.165, 1.54) is 6.07 Å². The zero-order chi connectivity index (χ0) is 14.9.